The largest absolute Gasteiger partial charge is 0.435 e. The van der Waals surface area contributed by atoms with E-state index in [1.807, 2.05) is 0 Å². The Morgan fingerprint density at radius 3 is 2.67 bits per heavy atom. The molecule has 1 aliphatic heterocycles. The lowest BCUT2D eigenvalue weighted by atomic mass is 10.2. The molecule has 122 valence electrons. The zero-order chi connectivity index (χ0) is 17.1. The number of ether oxygens (including phenoxy) is 2. The van der Waals surface area contributed by atoms with Gasteiger partial charge in [0.1, 0.15) is 11.6 Å². The predicted molar refractivity (Wildman–Crippen MR) is 80.1 cm³/mol. The van der Waals surface area contributed by atoms with Crippen molar-refractivity contribution in [3.05, 3.63) is 71.2 Å². The number of aliphatic imine (C=N–C) groups is 1. The van der Waals surface area contributed by atoms with Crippen LogP contribution in [0.15, 0.2) is 59.2 Å². The second-order valence-corrected chi connectivity index (χ2v) is 4.80. The van der Waals surface area contributed by atoms with E-state index in [4.69, 9.17) is 4.74 Å². The Morgan fingerprint density at radius 2 is 1.92 bits per heavy atom. The van der Waals surface area contributed by atoms with Crippen molar-refractivity contribution in [3.63, 3.8) is 0 Å². The first-order valence-electron chi connectivity index (χ1n) is 6.84. The van der Waals surface area contributed by atoms with Crippen LogP contribution in [0.5, 0.6) is 5.75 Å². The van der Waals surface area contributed by atoms with Crippen molar-refractivity contribution >= 4 is 17.9 Å². The molecule has 0 saturated carbocycles. The van der Waals surface area contributed by atoms with Gasteiger partial charge in [-0.15, -0.1) is 0 Å². The van der Waals surface area contributed by atoms with Gasteiger partial charge in [0.2, 0.25) is 5.90 Å². The van der Waals surface area contributed by atoms with E-state index in [1.54, 1.807) is 6.07 Å². The van der Waals surface area contributed by atoms with Crippen LogP contribution in [0.4, 0.5) is 13.2 Å². The van der Waals surface area contributed by atoms with Crippen LogP contribution < -0.4 is 4.74 Å². The van der Waals surface area contributed by atoms with Crippen LogP contribution in [0, 0.1) is 5.82 Å². The molecule has 0 spiro atoms. The fraction of sp³-hybridized carbons (Fsp3) is 0.0588. The molecule has 0 unspecified atom stereocenters. The lowest BCUT2D eigenvalue weighted by molar-refractivity contribution is -0.129. The SMILES string of the molecule is O=C1OC(c2cccc(OC(F)F)c2)=N/C1=C\c1cccc(F)c1. The van der Waals surface area contributed by atoms with Crippen molar-refractivity contribution in [2.45, 2.75) is 6.61 Å². The number of alkyl halides is 2. The number of benzene rings is 2. The van der Waals surface area contributed by atoms with E-state index < -0.39 is 18.4 Å². The summed E-state index contributed by atoms with van der Waals surface area (Å²) in [6.45, 7) is -2.96. The Labute approximate surface area is 134 Å². The zero-order valence-corrected chi connectivity index (χ0v) is 12.1. The maximum absolute atomic E-state index is 13.2. The molecule has 0 aliphatic carbocycles. The van der Waals surface area contributed by atoms with Gasteiger partial charge in [0.25, 0.3) is 0 Å². The highest BCUT2D eigenvalue weighted by Crippen LogP contribution is 2.22. The molecule has 7 heteroatoms. The normalized spacial score (nSPS) is 15.6. The van der Waals surface area contributed by atoms with E-state index in [0.717, 1.165) is 0 Å². The molecule has 0 radical (unpaired) electrons. The third-order valence-corrected chi connectivity index (χ3v) is 3.08. The van der Waals surface area contributed by atoms with Crippen molar-refractivity contribution in [2.24, 2.45) is 4.99 Å². The first-order chi connectivity index (χ1) is 11.5. The summed E-state index contributed by atoms with van der Waals surface area (Å²) in [6.07, 6.45) is 1.37. The molecule has 24 heavy (non-hydrogen) atoms. The van der Waals surface area contributed by atoms with E-state index in [2.05, 4.69) is 9.73 Å². The first-order valence-corrected chi connectivity index (χ1v) is 6.84. The Balaban J connectivity index is 1.89. The van der Waals surface area contributed by atoms with Gasteiger partial charge < -0.3 is 9.47 Å². The van der Waals surface area contributed by atoms with Crippen LogP contribution >= 0.6 is 0 Å². The lowest BCUT2D eigenvalue weighted by Crippen LogP contribution is -2.07. The molecule has 4 nitrogen and oxygen atoms in total. The highest BCUT2D eigenvalue weighted by molar-refractivity contribution is 6.12. The number of hydrogen-bond acceptors (Lipinski definition) is 4. The molecule has 1 aliphatic rings. The van der Waals surface area contributed by atoms with Crippen LogP contribution in [-0.2, 0) is 9.53 Å². The minimum atomic E-state index is -2.96. The van der Waals surface area contributed by atoms with Crippen LogP contribution in [0.2, 0.25) is 0 Å². The summed E-state index contributed by atoms with van der Waals surface area (Å²) < 4.78 is 47.0. The summed E-state index contributed by atoms with van der Waals surface area (Å²) in [7, 11) is 0. The summed E-state index contributed by atoms with van der Waals surface area (Å²) in [5, 5.41) is 0. The molecule has 0 amide bonds. The Morgan fingerprint density at radius 1 is 1.12 bits per heavy atom. The number of esters is 1. The van der Waals surface area contributed by atoms with E-state index in [-0.39, 0.29) is 17.3 Å². The van der Waals surface area contributed by atoms with Gasteiger partial charge in [-0.1, -0.05) is 18.2 Å². The summed E-state index contributed by atoms with van der Waals surface area (Å²) in [4.78, 5) is 15.9. The fourth-order valence-electron chi connectivity index (χ4n) is 2.09. The van der Waals surface area contributed by atoms with Gasteiger partial charge in [0.15, 0.2) is 5.70 Å². The molecule has 0 fully saturated rings. The summed E-state index contributed by atoms with van der Waals surface area (Å²) in [5.74, 6) is -1.28. The van der Waals surface area contributed by atoms with Crippen LogP contribution in [0.3, 0.4) is 0 Å². The summed E-state index contributed by atoms with van der Waals surface area (Å²) in [6, 6.07) is 11.3. The van der Waals surface area contributed by atoms with E-state index in [9.17, 15) is 18.0 Å². The topological polar surface area (TPSA) is 47.9 Å². The number of rotatable bonds is 4. The van der Waals surface area contributed by atoms with Crippen molar-refractivity contribution in [1.29, 1.82) is 0 Å². The predicted octanol–water partition coefficient (Wildman–Crippen LogP) is 3.77. The number of nitrogens with zero attached hydrogens (tertiary/aromatic N) is 1. The maximum atomic E-state index is 13.2. The lowest BCUT2D eigenvalue weighted by Gasteiger charge is -2.05. The number of halogens is 3. The van der Waals surface area contributed by atoms with Gasteiger partial charge in [-0.25, -0.2) is 14.2 Å². The molecular formula is C17H10F3NO3. The smallest absolute Gasteiger partial charge is 0.387 e. The zero-order valence-electron chi connectivity index (χ0n) is 12.1. The highest BCUT2D eigenvalue weighted by atomic mass is 19.3. The maximum Gasteiger partial charge on any atom is 0.387 e. The van der Waals surface area contributed by atoms with Crippen LogP contribution in [0.1, 0.15) is 11.1 Å². The first kappa shape index (κ1) is 15.8. The molecule has 3 rings (SSSR count). The molecule has 0 atom stereocenters. The minimum absolute atomic E-state index is 0.0178. The van der Waals surface area contributed by atoms with Crippen molar-refractivity contribution in [2.75, 3.05) is 0 Å². The average molecular weight is 333 g/mol. The van der Waals surface area contributed by atoms with Gasteiger partial charge in [0, 0.05) is 5.56 Å². The van der Waals surface area contributed by atoms with Crippen LogP contribution in [-0.4, -0.2) is 18.5 Å². The van der Waals surface area contributed by atoms with Gasteiger partial charge in [0.05, 0.1) is 0 Å². The highest BCUT2D eigenvalue weighted by Gasteiger charge is 2.24. The third-order valence-electron chi connectivity index (χ3n) is 3.08. The van der Waals surface area contributed by atoms with E-state index >= 15 is 0 Å². The number of hydrogen-bond donors (Lipinski definition) is 0. The standard InChI is InChI=1S/C17H10F3NO3/c18-12-5-1-3-10(7-12)8-14-16(22)24-15(21-14)11-4-2-6-13(9-11)23-17(19)20/h1-9,17H/b14-8-. The van der Waals surface area contributed by atoms with Gasteiger partial charge in [-0.2, -0.15) is 8.78 Å². The summed E-state index contributed by atoms with van der Waals surface area (Å²) in [5.41, 5.74) is 0.738. The second-order valence-electron chi connectivity index (χ2n) is 4.80. The Bertz CT molecular complexity index is 846. The molecule has 2 aromatic rings. The molecule has 0 saturated heterocycles. The van der Waals surface area contributed by atoms with Crippen molar-refractivity contribution in [1.82, 2.24) is 0 Å². The molecular weight excluding hydrogens is 323 g/mol. The van der Waals surface area contributed by atoms with Gasteiger partial charge in [-0.05, 0) is 42.0 Å². The second kappa shape index (κ2) is 6.57. The Kier molecular flexibility index (Phi) is 4.33. The monoisotopic (exact) mass is 333 g/mol. The Hall–Kier alpha value is -3.09. The number of carbonyl (C=O) groups is 1. The number of carbonyl (C=O) groups excluding carboxylic acids is 1. The van der Waals surface area contributed by atoms with Crippen molar-refractivity contribution < 1.29 is 27.4 Å². The van der Waals surface area contributed by atoms with Gasteiger partial charge >= 0.3 is 12.6 Å². The fourth-order valence-corrected chi connectivity index (χ4v) is 2.09. The number of cyclic esters (lactones) is 1. The molecule has 0 N–H and O–H groups in total. The molecule has 0 bridgehead atoms. The summed E-state index contributed by atoms with van der Waals surface area (Å²) >= 11 is 0. The quantitative estimate of drug-likeness (QED) is 0.632. The average Bonchev–Trinajstić information content (AvgIpc) is 2.88. The van der Waals surface area contributed by atoms with E-state index in [1.165, 1.54) is 48.5 Å². The van der Waals surface area contributed by atoms with E-state index in [0.29, 0.717) is 11.1 Å². The molecule has 2 aromatic carbocycles. The van der Waals surface area contributed by atoms with Crippen molar-refractivity contribution in [3.8, 4) is 5.75 Å². The minimum Gasteiger partial charge on any atom is -0.435 e. The molecule has 0 aromatic heterocycles. The third kappa shape index (κ3) is 3.62. The van der Waals surface area contributed by atoms with Gasteiger partial charge in [-0.3, -0.25) is 0 Å². The molecule has 1 heterocycles. The van der Waals surface area contributed by atoms with Crippen LogP contribution in [0.25, 0.3) is 6.08 Å².